The number of ether oxygens (including phenoxy) is 1. The van der Waals surface area contributed by atoms with Crippen molar-refractivity contribution in [1.29, 1.82) is 0 Å². The van der Waals surface area contributed by atoms with E-state index in [2.05, 4.69) is 11.9 Å². The van der Waals surface area contributed by atoms with Gasteiger partial charge < -0.3 is 20.7 Å². The molecule has 0 bridgehead atoms. The topological polar surface area (TPSA) is 123 Å². The molecule has 0 aromatic carbocycles. The highest BCUT2D eigenvalue weighted by Crippen LogP contribution is 2.58. The zero-order valence-electron chi connectivity index (χ0n) is 22.6. The molecule has 1 aromatic heterocycles. The Kier molecular flexibility index (Phi) is 9.18. The Morgan fingerprint density at radius 2 is 1.97 bits per heavy atom. The van der Waals surface area contributed by atoms with Crippen molar-refractivity contribution in [3.8, 4) is 0 Å². The van der Waals surface area contributed by atoms with Gasteiger partial charge in [-0.1, -0.05) is 41.0 Å². The third-order valence-electron chi connectivity index (χ3n) is 8.68. The molecule has 1 aliphatic carbocycles. The maximum atomic E-state index is 13.2. The number of aliphatic hydroxyl groups excluding tert-OH is 2. The molecule has 0 amide bonds. The molecule has 3 rings (SSSR count). The highest BCUT2D eigenvalue weighted by atomic mass is 32.1. The second kappa shape index (κ2) is 11.4. The molecule has 1 saturated heterocycles. The van der Waals surface area contributed by atoms with Gasteiger partial charge in [0.1, 0.15) is 16.9 Å². The lowest BCUT2D eigenvalue weighted by molar-refractivity contribution is -0.154. The number of rotatable bonds is 3. The molecular weight excluding hydrogens is 476 g/mol. The number of carbonyl (C=O) groups is 2. The molecule has 0 unspecified atom stereocenters. The Balaban J connectivity index is 1.85. The molecule has 7 atom stereocenters. The molecule has 0 spiro atoms. The molecule has 4 N–H and O–H groups in total. The summed E-state index contributed by atoms with van der Waals surface area (Å²) >= 11 is 1.50. The smallest absolute Gasteiger partial charge is 0.309 e. The van der Waals surface area contributed by atoms with Gasteiger partial charge in [0, 0.05) is 17.8 Å². The SMILES string of the molecule is C/C(=C\c1csc(CN)n1)[C@@H]1C[C@@H]2C[C@]2(C)CCC[C@H](C)[C@H](O)[C@@H](C)C(=O)C(C)(C)[C@@H](O)CC(=O)O1. The van der Waals surface area contributed by atoms with Crippen LogP contribution in [0.4, 0.5) is 0 Å². The number of fused-ring (bicyclic) bond motifs is 1. The van der Waals surface area contributed by atoms with Crippen LogP contribution in [0.2, 0.25) is 0 Å². The number of cyclic esters (lactones) is 1. The number of aromatic nitrogens is 1. The number of aliphatic hydroxyl groups is 2. The van der Waals surface area contributed by atoms with Gasteiger partial charge in [-0.3, -0.25) is 9.59 Å². The van der Waals surface area contributed by atoms with Crippen molar-refractivity contribution in [2.24, 2.45) is 34.3 Å². The van der Waals surface area contributed by atoms with Gasteiger partial charge in [-0.25, -0.2) is 4.98 Å². The molecule has 1 aliphatic heterocycles. The first kappa shape index (κ1) is 29.0. The molecule has 1 aromatic rings. The van der Waals surface area contributed by atoms with Crippen molar-refractivity contribution >= 4 is 29.2 Å². The molecule has 1 saturated carbocycles. The van der Waals surface area contributed by atoms with Crippen LogP contribution >= 0.6 is 11.3 Å². The zero-order valence-corrected chi connectivity index (χ0v) is 23.4. The molecule has 202 valence electrons. The van der Waals surface area contributed by atoms with Gasteiger partial charge in [0.2, 0.25) is 0 Å². The van der Waals surface area contributed by atoms with Crippen molar-refractivity contribution in [3.63, 3.8) is 0 Å². The van der Waals surface area contributed by atoms with E-state index in [1.165, 1.54) is 11.3 Å². The van der Waals surface area contributed by atoms with E-state index in [-0.39, 0.29) is 23.5 Å². The summed E-state index contributed by atoms with van der Waals surface area (Å²) in [6, 6.07) is 0. The Bertz CT molecular complexity index is 973. The van der Waals surface area contributed by atoms with Gasteiger partial charge in [0.15, 0.2) is 0 Å². The molecule has 2 heterocycles. The predicted molar refractivity (Wildman–Crippen MR) is 142 cm³/mol. The van der Waals surface area contributed by atoms with E-state index in [0.29, 0.717) is 18.9 Å². The van der Waals surface area contributed by atoms with E-state index in [1.807, 2.05) is 25.3 Å². The largest absolute Gasteiger partial charge is 0.458 e. The highest BCUT2D eigenvalue weighted by molar-refractivity contribution is 7.09. The van der Waals surface area contributed by atoms with E-state index in [4.69, 9.17) is 10.5 Å². The predicted octanol–water partition coefficient (Wildman–Crippen LogP) is 4.50. The summed E-state index contributed by atoms with van der Waals surface area (Å²) in [5, 5.41) is 24.6. The van der Waals surface area contributed by atoms with Crippen LogP contribution in [0.15, 0.2) is 11.0 Å². The Hall–Kier alpha value is -1.61. The van der Waals surface area contributed by atoms with Crippen LogP contribution in [0.25, 0.3) is 6.08 Å². The molecule has 2 fully saturated rings. The lowest BCUT2D eigenvalue weighted by atomic mass is 9.73. The molecule has 0 radical (unpaired) electrons. The molecule has 8 heteroatoms. The van der Waals surface area contributed by atoms with Crippen molar-refractivity contribution < 1.29 is 24.5 Å². The third kappa shape index (κ3) is 6.63. The van der Waals surface area contributed by atoms with E-state index in [0.717, 1.165) is 42.0 Å². The maximum absolute atomic E-state index is 13.2. The number of nitrogens with zero attached hydrogens (tertiary/aromatic N) is 1. The summed E-state index contributed by atoms with van der Waals surface area (Å²) in [4.78, 5) is 30.8. The van der Waals surface area contributed by atoms with Gasteiger partial charge >= 0.3 is 5.97 Å². The minimum Gasteiger partial charge on any atom is -0.458 e. The number of hydrogen-bond acceptors (Lipinski definition) is 8. The fraction of sp³-hybridized carbons (Fsp3) is 0.750. The number of nitrogens with two attached hydrogens (primary N) is 1. The molecule has 2 aliphatic rings. The lowest BCUT2D eigenvalue weighted by Crippen LogP contribution is -2.45. The second-order valence-corrected chi connectivity index (χ2v) is 12.9. The van der Waals surface area contributed by atoms with Gasteiger partial charge in [-0.2, -0.15) is 0 Å². The van der Waals surface area contributed by atoms with Gasteiger partial charge in [0.25, 0.3) is 0 Å². The van der Waals surface area contributed by atoms with Crippen molar-refractivity contribution in [2.75, 3.05) is 0 Å². The summed E-state index contributed by atoms with van der Waals surface area (Å²) in [7, 11) is 0. The quantitative estimate of drug-likeness (QED) is 0.502. The lowest BCUT2D eigenvalue weighted by Gasteiger charge is -2.34. The Morgan fingerprint density at radius 1 is 1.28 bits per heavy atom. The number of thiazole rings is 1. The highest BCUT2D eigenvalue weighted by Gasteiger charge is 2.50. The van der Waals surface area contributed by atoms with Crippen molar-refractivity contribution in [1.82, 2.24) is 4.98 Å². The van der Waals surface area contributed by atoms with E-state index in [1.54, 1.807) is 20.8 Å². The normalized spacial score (nSPS) is 36.8. The van der Waals surface area contributed by atoms with Crippen LogP contribution in [-0.2, 0) is 20.9 Å². The first-order valence-corrected chi connectivity index (χ1v) is 14.1. The second-order valence-electron chi connectivity index (χ2n) is 12.0. The monoisotopic (exact) mass is 520 g/mol. The third-order valence-corrected chi connectivity index (χ3v) is 9.57. The summed E-state index contributed by atoms with van der Waals surface area (Å²) in [5.41, 5.74) is 6.40. The average molecular weight is 521 g/mol. The Morgan fingerprint density at radius 3 is 2.61 bits per heavy atom. The van der Waals surface area contributed by atoms with Crippen LogP contribution in [0, 0.1) is 28.6 Å². The van der Waals surface area contributed by atoms with Gasteiger partial charge in [-0.15, -0.1) is 11.3 Å². The van der Waals surface area contributed by atoms with Gasteiger partial charge in [-0.05, 0) is 61.5 Å². The zero-order chi connectivity index (χ0) is 26.8. The van der Waals surface area contributed by atoms with Crippen LogP contribution < -0.4 is 5.73 Å². The molecule has 36 heavy (non-hydrogen) atoms. The number of ketones is 1. The number of hydrogen-bond donors (Lipinski definition) is 3. The standard InChI is InChI=1S/C28H44N2O5S/c1-16-8-7-9-28(6)13-19(28)11-21(17(2)10-20-15-36-23(14-29)30-20)35-24(32)12-22(31)27(4,5)26(34)18(3)25(16)33/h10,15-16,18-19,21-22,25,31,33H,7-9,11-14,29H2,1-6H3/b17-10+/t16-,18+,19+,21-,22-,25-,28-/m0/s1. The summed E-state index contributed by atoms with van der Waals surface area (Å²) < 4.78 is 5.95. The average Bonchev–Trinajstić information content (AvgIpc) is 3.23. The van der Waals surface area contributed by atoms with Crippen LogP contribution in [0.3, 0.4) is 0 Å². The first-order chi connectivity index (χ1) is 16.8. The van der Waals surface area contributed by atoms with Crippen molar-refractivity contribution in [3.05, 3.63) is 21.7 Å². The summed E-state index contributed by atoms with van der Waals surface area (Å²) in [6.07, 6.45) is 3.88. The number of esters is 1. The number of carbonyl (C=O) groups excluding carboxylic acids is 2. The minimum atomic E-state index is -1.21. The van der Waals surface area contributed by atoms with E-state index < -0.39 is 35.6 Å². The summed E-state index contributed by atoms with van der Waals surface area (Å²) in [6.45, 7) is 11.6. The minimum absolute atomic E-state index is 0.0231. The first-order valence-electron chi connectivity index (χ1n) is 13.2. The summed E-state index contributed by atoms with van der Waals surface area (Å²) in [5.74, 6) is -0.991. The van der Waals surface area contributed by atoms with Crippen LogP contribution in [0.5, 0.6) is 0 Å². The maximum Gasteiger partial charge on any atom is 0.309 e. The van der Waals surface area contributed by atoms with Crippen LogP contribution in [-0.4, -0.2) is 45.3 Å². The van der Waals surface area contributed by atoms with Crippen LogP contribution in [0.1, 0.15) is 90.8 Å². The van der Waals surface area contributed by atoms with E-state index in [9.17, 15) is 19.8 Å². The van der Waals surface area contributed by atoms with Gasteiger partial charge in [0.05, 0.1) is 29.7 Å². The fourth-order valence-corrected chi connectivity index (χ4v) is 6.22. The number of Topliss-reactive ketones (excluding diaryl/α,β-unsaturated/α-hetero) is 1. The molecular formula is C28H44N2O5S. The Labute approximate surface area is 219 Å². The van der Waals surface area contributed by atoms with E-state index >= 15 is 0 Å². The van der Waals surface area contributed by atoms with Crippen molar-refractivity contribution in [2.45, 2.75) is 105 Å². The molecule has 7 nitrogen and oxygen atoms in total. The fourth-order valence-electron chi connectivity index (χ4n) is 5.59.